The number of alkyl halides is 1. The van der Waals surface area contributed by atoms with Crippen LogP contribution in [0.4, 0.5) is 0 Å². The predicted molar refractivity (Wildman–Crippen MR) is 39.4 cm³/mol. The minimum absolute atomic E-state index is 0.652. The van der Waals surface area contributed by atoms with Crippen molar-refractivity contribution in [3.63, 3.8) is 0 Å². The first-order chi connectivity index (χ1) is 4.84. The summed E-state index contributed by atoms with van der Waals surface area (Å²) in [5, 5.41) is 0. The van der Waals surface area contributed by atoms with Crippen molar-refractivity contribution in [1.29, 1.82) is 0 Å². The summed E-state index contributed by atoms with van der Waals surface area (Å²) in [7, 11) is 6.51. The van der Waals surface area contributed by atoms with E-state index in [1.165, 1.54) is 0 Å². The standard InChI is InChI=1S/C8H6ClO/c1-10-8(9)7-5-3-2-4-6-7/h2-6,8H. The molecule has 51 valence electrons. The molecule has 0 spiro atoms. The zero-order valence-electron chi connectivity index (χ0n) is 5.25. The maximum absolute atomic E-state index is 6.51. The highest BCUT2D eigenvalue weighted by Crippen LogP contribution is 2.19. The highest BCUT2D eigenvalue weighted by Gasteiger charge is 2.02. The molecule has 1 aromatic carbocycles. The number of benzene rings is 1. The Bertz CT molecular complexity index is 186. The second-order valence-corrected chi connectivity index (χ2v) is 2.24. The van der Waals surface area contributed by atoms with Crippen molar-refractivity contribution in [3.05, 3.63) is 43.0 Å². The smallest absolute Gasteiger partial charge is 0.176 e. The summed E-state index contributed by atoms with van der Waals surface area (Å²) in [5.41, 5.74) is 0.153. The molecule has 0 aromatic heterocycles. The van der Waals surface area contributed by atoms with Crippen LogP contribution in [0.3, 0.4) is 0 Å². The topological polar surface area (TPSA) is 9.23 Å². The molecule has 0 aliphatic rings. The number of rotatable bonds is 2. The van der Waals surface area contributed by atoms with Crippen molar-refractivity contribution in [2.75, 3.05) is 0 Å². The molecule has 0 saturated carbocycles. The van der Waals surface area contributed by atoms with E-state index in [2.05, 4.69) is 4.74 Å². The minimum atomic E-state index is -0.652. The van der Waals surface area contributed by atoms with Crippen LogP contribution < -0.4 is 0 Å². The van der Waals surface area contributed by atoms with Crippen molar-refractivity contribution < 1.29 is 4.74 Å². The summed E-state index contributed by atoms with van der Waals surface area (Å²) in [6.07, 6.45) is 0. The largest absolute Gasteiger partial charge is 0.342 e. The maximum atomic E-state index is 6.51. The second-order valence-electron chi connectivity index (χ2n) is 1.84. The van der Waals surface area contributed by atoms with Gasteiger partial charge in [0.1, 0.15) is 0 Å². The third kappa shape index (κ3) is 1.72. The fourth-order valence-corrected chi connectivity index (χ4v) is 0.818. The van der Waals surface area contributed by atoms with Crippen molar-refractivity contribution in [2.45, 2.75) is 5.56 Å². The van der Waals surface area contributed by atoms with Gasteiger partial charge in [-0.2, -0.15) is 0 Å². The molecule has 0 heterocycles. The van der Waals surface area contributed by atoms with Gasteiger partial charge in [-0.15, -0.1) is 0 Å². The van der Waals surface area contributed by atoms with Crippen LogP contribution in [0.2, 0.25) is 0 Å². The second kappa shape index (κ2) is 3.59. The maximum Gasteiger partial charge on any atom is 0.176 e. The Balaban J connectivity index is 2.75. The van der Waals surface area contributed by atoms with Crippen LogP contribution in [0.5, 0.6) is 0 Å². The molecule has 0 bridgehead atoms. The van der Waals surface area contributed by atoms with E-state index >= 15 is 0 Å². The van der Waals surface area contributed by atoms with E-state index in [0.717, 1.165) is 5.56 Å². The SMILES string of the molecule is [C]OC(Cl)c1ccccc1. The van der Waals surface area contributed by atoms with Gasteiger partial charge in [0, 0.05) is 0 Å². The van der Waals surface area contributed by atoms with E-state index in [9.17, 15) is 0 Å². The molecule has 1 atom stereocenters. The van der Waals surface area contributed by atoms with Gasteiger partial charge in [0.15, 0.2) is 12.7 Å². The number of hydrogen-bond donors (Lipinski definition) is 0. The molecule has 1 nitrogen and oxygen atoms in total. The van der Waals surface area contributed by atoms with E-state index in [4.69, 9.17) is 18.7 Å². The Morgan fingerprint density at radius 3 is 2.40 bits per heavy atom. The average Bonchev–Trinajstić information content (AvgIpc) is 2.05. The van der Waals surface area contributed by atoms with Crippen molar-refractivity contribution in [2.24, 2.45) is 0 Å². The Morgan fingerprint density at radius 1 is 1.30 bits per heavy atom. The Kier molecular flexibility index (Phi) is 2.72. The number of ether oxygens (including phenoxy) is 1. The molecular formula is C8H6ClO. The van der Waals surface area contributed by atoms with E-state index in [0.29, 0.717) is 0 Å². The molecule has 3 radical (unpaired) electrons. The molecule has 2 heteroatoms. The van der Waals surface area contributed by atoms with Crippen LogP contribution in [0.25, 0.3) is 0 Å². The molecule has 1 rings (SSSR count). The van der Waals surface area contributed by atoms with Gasteiger partial charge >= 0.3 is 0 Å². The zero-order chi connectivity index (χ0) is 7.40. The third-order valence-corrected chi connectivity index (χ3v) is 1.51. The van der Waals surface area contributed by atoms with Crippen molar-refractivity contribution in [1.82, 2.24) is 0 Å². The lowest BCUT2D eigenvalue weighted by molar-refractivity contribution is 0.212. The average molecular weight is 154 g/mol. The quantitative estimate of drug-likeness (QED) is 0.594. The highest BCUT2D eigenvalue weighted by molar-refractivity contribution is 6.19. The monoisotopic (exact) mass is 153 g/mol. The summed E-state index contributed by atoms with van der Waals surface area (Å²) in [5.74, 6) is 0. The first-order valence-corrected chi connectivity index (χ1v) is 3.29. The van der Waals surface area contributed by atoms with Gasteiger partial charge in [-0.3, -0.25) is 0 Å². The number of hydrogen-bond acceptors (Lipinski definition) is 1. The lowest BCUT2D eigenvalue weighted by Crippen LogP contribution is -1.89. The normalized spacial score (nSPS) is 13.0. The lowest BCUT2D eigenvalue weighted by Gasteiger charge is -2.04. The van der Waals surface area contributed by atoms with Crippen LogP contribution in [-0.4, -0.2) is 0 Å². The van der Waals surface area contributed by atoms with Gasteiger partial charge in [-0.05, 0) is 5.56 Å². The molecule has 1 unspecified atom stereocenters. The fraction of sp³-hybridized carbons (Fsp3) is 0.125. The van der Waals surface area contributed by atoms with Gasteiger partial charge in [0.25, 0.3) is 0 Å². The van der Waals surface area contributed by atoms with Crippen molar-refractivity contribution >= 4 is 11.6 Å². The van der Waals surface area contributed by atoms with E-state index in [1.54, 1.807) is 0 Å². The van der Waals surface area contributed by atoms with Crippen LogP contribution in [0.15, 0.2) is 30.3 Å². The van der Waals surface area contributed by atoms with E-state index < -0.39 is 5.56 Å². The van der Waals surface area contributed by atoms with Gasteiger partial charge in [-0.25, -0.2) is 0 Å². The molecular weight excluding hydrogens is 148 g/mol. The van der Waals surface area contributed by atoms with E-state index in [-0.39, 0.29) is 0 Å². The molecule has 10 heavy (non-hydrogen) atoms. The van der Waals surface area contributed by atoms with Crippen LogP contribution in [-0.2, 0) is 4.74 Å². The summed E-state index contributed by atoms with van der Waals surface area (Å²) in [6.45, 7) is 0. The highest BCUT2D eigenvalue weighted by atomic mass is 35.5. The molecule has 0 saturated heterocycles. The first-order valence-electron chi connectivity index (χ1n) is 2.86. The fourth-order valence-electron chi connectivity index (χ4n) is 0.672. The molecule has 0 fully saturated rings. The van der Waals surface area contributed by atoms with Gasteiger partial charge in [-0.1, -0.05) is 41.9 Å². The van der Waals surface area contributed by atoms with Crippen LogP contribution in [0, 0.1) is 7.11 Å². The summed E-state index contributed by atoms with van der Waals surface area (Å²) in [4.78, 5) is 0. The molecule has 0 aliphatic carbocycles. The third-order valence-electron chi connectivity index (χ3n) is 1.17. The van der Waals surface area contributed by atoms with Gasteiger partial charge in [0.05, 0.1) is 0 Å². The molecule has 0 amide bonds. The summed E-state index contributed by atoms with van der Waals surface area (Å²) < 4.78 is 4.15. The first kappa shape index (κ1) is 7.58. The Morgan fingerprint density at radius 2 is 1.90 bits per heavy atom. The molecule has 1 aromatic rings. The molecule has 0 N–H and O–H groups in total. The molecule has 0 aliphatic heterocycles. The number of halogens is 1. The summed E-state index contributed by atoms with van der Waals surface area (Å²) in [6, 6.07) is 9.21. The predicted octanol–water partition coefficient (Wildman–Crippen LogP) is 2.49. The van der Waals surface area contributed by atoms with E-state index in [1.807, 2.05) is 30.3 Å². The van der Waals surface area contributed by atoms with Gasteiger partial charge < -0.3 is 4.74 Å². The van der Waals surface area contributed by atoms with Crippen LogP contribution in [0.1, 0.15) is 11.1 Å². The minimum Gasteiger partial charge on any atom is -0.342 e. The summed E-state index contributed by atoms with van der Waals surface area (Å²) >= 11 is 5.58. The van der Waals surface area contributed by atoms with Gasteiger partial charge in [0.2, 0.25) is 0 Å². The Hall–Kier alpha value is -0.530. The Labute approximate surface area is 65.6 Å². The van der Waals surface area contributed by atoms with Crippen molar-refractivity contribution in [3.8, 4) is 0 Å². The zero-order valence-corrected chi connectivity index (χ0v) is 6.01. The lowest BCUT2D eigenvalue weighted by atomic mass is 10.2. The van der Waals surface area contributed by atoms with Crippen LogP contribution >= 0.6 is 11.6 Å².